The molecule has 0 amide bonds. The number of aliphatic hydroxyl groups excluding tert-OH is 1. The third-order valence-electron chi connectivity index (χ3n) is 1.69. The first-order valence-electron chi connectivity index (χ1n) is 3.97. The van der Waals surface area contributed by atoms with Crippen LogP contribution in [0.15, 0.2) is 36.1 Å². The van der Waals surface area contributed by atoms with Crippen LogP contribution in [-0.4, -0.2) is 16.2 Å². The summed E-state index contributed by atoms with van der Waals surface area (Å²) in [6, 6.07) is 7.07. The standard InChI is InChI=1S/C10H9ClO3/c11-8-4-2-1-3-7(8)5-6-9(12)10(13)14/h1-4,6,12H,5H2,(H,13,14)/b9-6-. The van der Waals surface area contributed by atoms with Crippen LogP contribution in [0.5, 0.6) is 0 Å². The second-order valence-electron chi connectivity index (χ2n) is 2.69. The minimum Gasteiger partial charge on any atom is -0.502 e. The lowest BCUT2D eigenvalue weighted by Gasteiger charge is -1.99. The van der Waals surface area contributed by atoms with Crippen LogP contribution in [-0.2, 0) is 11.2 Å². The van der Waals surface area contributed by atoms with Crippen LogP contribution >= 0.6 is 11.6 Å². The number of allylic oxidation sites excluding steroid dienone is 1. The van der Waals surface area contributed by atoms with E-state index >= 15 is 0 Å². The van der Waals surface area contributed by atoms with Crippen molar-refractivity contribution >= 4 is 17.6 Å². The Morgan fingerprint density at radius 1 is 1.36 bits per heavy atom. The lowest BCUT2D eigenvalue weighted by Crippen LogP contribution is -1.99. The maximum absolute atomic E-state index is 10.3. The Morgan fingerprint density at radius 2 is 2.00 bits per heavy atom. The first-order valence-corrected chi connectivity index (χ1v) is 4.35. The Balaban J connectivity index is 2.76. The molecule has 0 spiro atoms. The van der Waals surface area contributed by atoms with E-state index in [-0.39, 0.29) is 0 Å². The van der Waals surface area contributed by atoms with E-state index in [9.17, 15) is 4.79 Å². The summed E-state index contributed by atoms with van der Waals surface area (Å²) in [5.41, 5.74) is 0.780. The average molecular weight is 213 g/mol. The number of hydrogen-bond donors (Lipinski definition) is 2. The molecule has 0 atom stereocenters. The number of carboxylic acid groups (broad SMARTS) is 1. The van der Waals surface area contributed by atoms with E-state index in [0.29, 0.717) is 11.4 Å². The van der Waals surface area contributed by atoms with Gasteiger partial charge in [0.2, 0.25) is 0 Å². The van der Waals surface area contributed by atoms with Crippen LogP contribution in [0, 0.1) is 0 Å². The van der Waals surface area contributed by atoms with Crippen molar-refractivity contribution in [2.24, 2.45) is 0 Å². The van der Waals surface area contributed by atoms with Gasteiger partial charge in [0.25, 0.3) is 0 Å². The van der Waals surface area contributed by atoms with Gasteiger partial charge in [0.15, 0.2) is 5.76 Å². The number of carboxylic acids is 1. The fourth-order valence-electron chi connectivity index (χ4n) is 0.958. The van der Waals surface area contributed by atoms with Gasteiger partial charge in [-0.05, 0) is 24.1 Å². The fraction of sp³-hybridized carbons (Fsp3) is 0.100. The molecule has 0 fully saturated rings. The van der Waals surface area contributed by atoms with Crippen molar-refractivity contribution in [2.45, 2.75) is 6.42 Å². The molecule has 0 aliphatic rings. The largest absolute Gasteiger partial charge is 0.502 e. The highest BCUT2D eigenvalue weighted by Crippen LogP contribution is 2.15. The summed E-state index contributed by atoms with van der Waals surface area (Å²) in [5, 5.41) is 17.8. The molecule has 0 bridgehead atoms. The van der Waals surface area contributed by atoms with Gasteiger partial charge in [-0.15, -0.1) is 0 Å². The first kappa shape index (κ1) is 10.6. The Morgan fingerprint density at radius 3 is 2.57 bits per heavy atom. The average Bonchev–Trinajstić information content (AvgIpc) is 2.16. The molecule has 1 aromatic rings. The van der Waals surface area contributed by atoms with Crippen molar-refractivity contribution in [3.05, 3.63) is 46.7 Å². The zero-order valence-electron chi connectivity index (χ0n) is 7.27. The Hall–Kier alpha value is -1.48. The molecule has 4 heteroatoms. The quantitative estimate of drug-likeness (QED) is 0.598. The van der Waals surface area contributed by atoms with Crippen molar-refractivity contribution in [1.82, 2.24) is 0 Å². The Kier molecular flexibility index (Phi) is 3.54. The lowest BCUT2D eigenvalue weighted by atomic mass is 10.1. The second kappa shape index (κ2) is 4.67. The summed E-state index contributed by atoms with van der Waals surface area (Å²) in [4.78, 5) is 10.3. The maximum Gasteiger partial charge on any atom is 0.370 e. The third kappa shape index (κ3) is 2.78. The third-order valence-corrected chi connectivity index (χ3v) is 2.06. The van der Waals surface area contributed by atoms with Crippen LogP contribution in [0.3, 0.4) is 0 Å². The minimum atomic E-state index is -1.34. The zero-order valence-corrected chi connectivity index (χ0v) is 8.03. The number of aliphatic hydroxyl groups is 1. The van der Waals surface area contributed by atoms with Crippen molar-refractivity contribution in [3.63, 3.8) is 0 Å². The van der Waals surface area contributed by atoms with Crippen LogP contribution in [0.25, 0.3) is 0 Å². The van der Waals surface area contributed by atoms with Crippen molar-refractivity contribution < 1.29 is 15.0 Å². The smallest absolute Gasteiger partial charge is 0.370 e. The molecule has 3 nitrogen and oxygen atoms in total. The number of benzene rings is 1. The van der Waals surface area contributed by atoms with Gasteiger partial charge in [0.05, 0.1) is 0 Å². The van der Waals surface area contributed by atoms with Gasteiger partial charge >= 0.3 is 5.97 Å². The Bertz CT molecular complexity index is 371. The van der Waals surface area contributed by atoms with Crippen LogP contribution < -0.4 is 0 Å². The monoisotopic (exact) mass is 212 g/mol. The molecule has 0 aliphatic carbocycles. The number of hydrogen-bond acceptors (Lipinski definition) is 2. The van der Waals surface area contributed by atoms with E-state index in [1.807, 2.05) is 0 Å². The highest BCUT2D eigenvalue weighted by molar-refractivity contribution is 6.31. The summed E-state index contributed by atoms with van der Waals surface area (Å²) < 4.78 is 0. The van der Waals surface area contributed by atoms with E-state index in [4.69, 9.17) is 21.8 Å². The van der Waals surface area contributed by atoms with E-state index < -0.39 is 11.7 Å². The fourth-order valence-corrected chi connectivity index (χ4v) is 1.17. The molecule has 1 rings (SSSR count). The van der Waals surface area contributed by atoms with Crippen LogP contribution in [0.4, 0.5) is 0 Å². The molecule has 0 saturated heterocycles. The number of rotatable bonds is 3. The van der Waals surface area contributed by atoms with Crippen molar-refractivity contribution in [1.29, 1.82) is 0 Å². The molecule has 1 aromatic carbocycles. The predicted molar refractivity (Wildman–Crippen MR) is 53.5 cm³/mol. The van der Waals surface area contributed by atoms with Crippen LogP contribution in [0.2, 0.25) is 5.02 Å². The molecule has 0 aliphatic heterocycles. The highest BCUT2D eigenvalue weighted by atomic mass is 35.5. The van der Waals surface area contributed by atoms with Gasteiger partial charge < -0.3 is 10.2 Å². The van der Waals surface area contributed by atoms with Crippen molar-refractivity contribution in [3.8, 4) is 0 Å². The van der Waals surface area contributed by atoms with Gasteiger partial charge in [0, 0.05) is 5.02 Å². The van der Waals surface area contributed by atoms with Gasteiger partial charge in [-0.2, -0.15) is 0 Å². The second-order valence-corrected chi connectivity index (χ2v) is 3.10. The molecule has 74 valence electrons. The van der Waals surface area contributed by atoms with Gasteiger partial charge in [-0.25, -0.2) is 4.79 Å². The molecule has 2 N–H and O–H groups in total. The Labute approximate surface area is 86.3 Å². The van der Waals surface area contributed by atoms with E-state index in [2.05, 4.69) is 0 Å². The van der Waals surface area contributed by atoms with Gasteiger partial charge in [-0.1, -0.05) is 29.8 Å². The molecular weight excluding hydrogens is 204 g/mol. The molecule has 0 unspecified atom stereocenters. The summed E-state index contributed by atoms with van der Waals surface area (Å²) in [5.74, 6) is -2.00. The minimum absolute atomic E-state index is 0.303. The molecule has 0 saturated carbocycles. The van der Waals surface area contributed by atoms with E-state index in [1.165, 1.54) is 6.08 Å². The SMILES string of the molecule is O=C(O)/C(O)=C/Cc1ccccc1Cl. The molecule has 0 radical (unpaired) electrons. The van der Waals surface area contributed by atoms with E-state index in [0.717, 1.165) is 5.56 Å². The topological polar surface area (TPSA) is 57.5 Å². The lowest BCUT2D eigenvalue weighted by molar-refractivity contribution is -0.135. The molecular formula is C10H9ClO3. The maximum atomic E-state index is 10.3. The molecule has 14 heavy (non-hydrogen) atoms. The first-order chi connectivity index (χ1) is 6.61. The number of halogens is 1. The number of aliphatic carboxylic acids is 1. The molecule has 0 heterocycles. The predicted octanol–water partition coefficient (Wildman–Crippen LogP) is 2.41. The summed E-state index contributed by atoms with van der Waals surface area (Å²) in [6.45, 7) is 0. The van der Waals surface area contributed by atoms with Gasteiger partial charge in [0.1, 0.15) is 0 Å². The normalized spacial score (nSPS) is 11.4. The van der Waals surface area contributed by atoms with Gasteiger partial charge in [-0.3, -0.25) is 0 Å². The molecule has 0 aromatic heterocycles. The van der Waals surface area contributed by atoms with Crippen LogP contribution in [0.1, 0.15) is 5.56 Å². The highest BCUT2D eigenvalue weighted by Gasteiger charge is 2.03. The summed E-state index contributed by atoms with van der Waals surface area (Å²) >= 11 is 5.83. The summed E-state index contributed by atoms with van der Waals surface area (Å²) in [6.07, 6.45) is 1.52. The number of carbonyl (C=O) groups is 1. The zero-order chi connectivity index (χ0) is 10.6. The van der Waals surface area contributed by atoms with Crippen molar-refractivity contribution in [2.75, 3.05) is 0 Å². The summed E-state index contributed by atoms with van der Waals surface area (Å²) in [7, 11) is 0. The van der Waals surface area contributed by atoms with E-state index in [1.54, 1.807) is 24.3 Å².